The number of nitrogens with one attached hydrogen (secondary N) is 6. The van der Waals surface area contributed by atoms with Gasteiger partial charge in [0, 0.05) is 24.9 Å². The number of hydrogen-bond acceptors (Lipinski definition) is 8. The summed E-state index contributed by atoms with van der Waals surface area (Å²) < 4.78 is 0. The summed E-state index contributed by atoms with van der Waals surface area (Å²) in [4.78, 5) is 40.3. The Morgan fingerprint density at radius 3 is 2.10 bits per heavy atom. The van der Waals surface area contributed by atoms with Crippen molar-refractivity contribution >= 4 is 17.7 Å². The van der Waals surface area contributed by atoms with Gasteiger partial charge in [-0.3, -0.25) is 14.4 Å². The number of phenols is 2. The first-order chi connectivity index (χ1) is 19.2. The fourth-order valence-electron chi connectivity index (χ4n) is 5.09. The number of carbonyl (C=O) groups excluding carboxylic acids is 3. The number of rotatable bonds is 8. The largest absolute Gasteiger partial charge is 0.508 e. The second-order valence-electron chi connectivity index (χ2n) is 10.6. The maximum atomic E-state index is 13.6. The fourth-order valence-corrected chi connectivity index (χ4v) is 5.09. The zero-order valence-electron chi connectivity index (χ0n) is 23.2. The van der Waals surface area contributed by atoms with Crippen LogP contribution in [0.3, 0.4) is 0 Å². The van der Waals surface area contributed by atoms with Gasteiger partial charge in [0.05, 0.1) is 6.04 Å². The van der Waals surface area contributed by atoms with Crippen molar-refractivity contribution in [1.29, 1.82) is 0 Å². The molecule has 4 bridgehead atoms. The zero-order chi connectivity index (χ0) is 28.8. The maximum Gasteiger partial charge on any atom is 0.243 e. The highest BCUT2D eigenvalue weighted by Gasteiger charge is 2.39. The van der Waals surface area contributed by atoms with E-state index in [-0.39, 0.29) is 48.2 Å². The van der Waals surface area contributed by atoms with E-state index in [2.05, 4.69) is 31.9 Å². The lowest BCUT2D eigenvalue weighted by Crippen LogP contribution is -2.57. The van der Waals surface area contributed by atoms with E-state index in [1.165, 1.54) is 0 Å². The van der Waals surface area contributed by atoms with Gasteiger partial charge in [0.2, 0.25) is 17.7 Å². The van der Waals surface area contributed by atoms with E-state index in [1.54, 1.807) is 37.4 Å². The van der Waals surface area contributed by atoms with Crippen molar-refractivity contribution in [3.05, 3.63) is 47.5 Å². The number of fused-ring (bicyclic) bond motifs is 5. The van der Waals surface area contributed by atoms with Crippen LogP contribution in [0.5, 0.6) is 11.5 Å². The molecule has 1 heterocycles. The monoisotopic (exact) mass is 552 g/mol. The van der Waals surface area contributed by atoms with Crippen LogP contribution in [-0.4, -0.2) is 85.8 Å². The summed E-state index contributed by atoms with van der Waals surface area (Å²) in [6.45, 7) is 0.646. The molecule has 5 atom stereocenters. The van der Waals surface area contributed by atoms with Gasteiger partial charge in [-0.05, 0) is 93.5 Å². The van der Waals surface area contributed by atoms with Crippen LogP contribution in [0.15, 0.2) is 36.4 Å². The lowest BCUT2D eigenvalue weighted by atomic mass is 9.95. The summed E-state index contributed by atoms with van der Waals surface area (Å²) in [5.74, 6) is -1.16. The molecule has 1 aliphatic heterocycles. The van der Waals surface area contributed by atoms with Crippen molar-refractivity contribution in [1.82, 2.24) is 31.9 Å². The normalized spacial score (nSPS) is 24.7. The number of phenolic OH excluding ortho intramolecular Hbond substituents is 2. The number of amides is 3. The predicted octanol–water partition coefficient (Wildman–Crippen LogP) is -0.103. The summed E-state index contributed by atoms with van der Waals surface area (Å²) >= 11 is 0. The average Bonchev–Trinajstić information content (AvgIpc) is 3.70. The van der Waals surface area contributed by atoms with E-state index in [9.17, 15) is 24.6 Å². The summed E-state index contributed by atoms with van der Waals surface area (Å²) in [6, 6.07) is 7.81. The van der Waals surface area contributed by atoms with Crippen LogP contribution >= 0.6 is 0 Å². The van der Waals surface area contributed by atoms with Gasteiger partial charge in [-0.25, -0.2) is 0 Å². The molecule has 0 saturated heterocycles. The Labute approximate surface area is 234 Å². The molecule has 8 N–H and O–H groups in total. The standard InChI is InChI=1S/C29H40N6O5/c1-30-10-4-5-20-27(38)35-24(29(40)34-22-15-21(22)31-2)14-19-12-17(7-9-26(19)37)16-6-8-25(36)18(11-16)13-23(32-3)28(39)33-20/h6-9,11-12,20-24,30-32,36-37H,4-5,10,13-15H2,1-3H3,(H,33,39)(H,34,40)(H,35,38)/t20-,21?,22?,23-,24-/m0/s1. The van der Waals surface area contributed by atoms with Crippen LogP contribution in [0, 0.1) is 0 Å². The third-order valence-corrected chi connectivity index (χ3v) is 7.68. The van der Waals surface area contributed by atoms with Crippen molar-refractivity contribution in [3.8, 4) is 22.6 Å². The van der Waals surface area contributed by atoms with Gasteiger partial charge in [0.25, 0.3) is 0 Å². The lowest BCUT2D eigenvalue weighted by Gasteiger charge is -2.25. The summed E-state index contributed by atoms with van der Waals surface area (Å²) in [7, 11) is 5.29. The highest BCUT2D eigenvalue weighted by molar-refractivity contribution is 5.93. The second-order valence-corrected chi connectivity index (χ2v) is 10.6. The first kappa shape index (κ1) is 29.3. The SMILES string of the molecule is CNCCC[C@@H]1NC(=O)[C@@H](NC)Cc2cc(ccc2O)-c2ccc(O)c(c2)C[C@@H](C(=O)NC2CC2NC)NC1=O. The van der Waals surface area contributed by atoms with Crippen molar-refractivity contribution in [2.24, 2.45) is 0 Å². The molecule has 3 amide bonds. The molecule has 0 aromatic heterocycles. The van der Waals surface area contributed by atoms with Gasteiger partial charge in [-0.1, -0.05) is 12.1 Å². The fraction of sp³-hybridized carbons (Fsp3) is 0.483. The van der Waals surface area contributed by atoms with Crippen LogP contribution in [0.25, 0.3) is 11.1 Å². The van der Waals surface area contributed by atoms with E-state index >= 15 is 0 Å². The number of carbonyl (C=O) groups is 3. The molecular formula is C29H40N6O5. The first-order valence-corrected chi connectivity index (χ1v) is 13.8. The summed E-state index contributed by atoms with van der Waals surface area (Å²) in [5, 5.41) is 39.1. The Morgan fingerprint density at radius 2 is 1.52 bits per heavy atom. The van der Waals surface area contributed by atoms with Crippen LogP contribution < -0.4 is 31.9 Å². The van der Waals surface area contributed by atoms with E-state index in [4.69, 9.17) is 0 Å². The molecule has 40 heavy (non-hydrogen) atoms. The minimum Gasteiger partial charge on any atom is -0.508 e. The van der Waals surface area contributed by atoms with E-state index in [0.29, 0.717) is 30.5 Å². The minimum absolute atomic E-state index is 0.00719. The van der Waals surface area contributed by atoms with Gasteiger partial charge >= 0.3 is 0 Å². The highest BCUT2D eigenvalue weighted by Crippen LogP contribution is 2.31. The van der Waals surface area contributed by atoms with Crippen LogP contribution in [-0.2, 0) is 27.2 Å². The Kier molecular flexibility index (Phi) is 9.62. The Balaban J connectivity index is 1.74. The molecule has 1 aliphatic carbocycles. The summed E-state index contributed by atoms with van der Waals surface area (Å²) in [6.07, 6.45) is 2.01. The molecule has 4 rings (SSSR count). The quantitative estimate of drug-likeness (QED) is 0.210. The topological polar surface area (TPSA) is 164 Å². The van der Waals surface area contributed by atoms with Gasteiger partial charge in [0.15, 0.2) is 0 Å². The molecule has 0 spiro atoms. The molecule has 11 nitrogen and oxygen atoms in total. The van der Waals surface area contributed by atoms with Gasteiger partial charge in [0.1, 0.15) is 23.6 Å². The average molecular weight is 553 g/mol. The van der Waals surface area contributed by atoms with Crippen molar-refractivity contribution in [2.75, 3.05) is 27.7 Å². The molecule has 11 heteroatoms. The third-order valence-electron chi connectivity index (χ3n) is 7.68. The molecule has 0 radical (unpaired) electrons. The molecule has 2 unspecified atom stereocenters. The Morgan fingerprint density at radius 1 is 0.875 bits per heavy atom. The van der Waals surface area contributed by atoms with Gasteiger partial charge in [-0.2, -0.15) is 0 Å². The second kappa shape index (κ2) is 13.1. The molecule has 2 aromatic rings. The first-order valence-electron chi connectivity index (χ1n) is 13.8. The number of benzene rings is 2. The van der Waals surface area contributed by atoms with Gasteiger partial charge in [-0.15, -0.1) is 0 Å². The van der Waals surface area contributed by atoms with Gasteiger partial charge < -0.3 is 42.1 Å². The van der Waals surface area contributed by atoms with Crippen LogP contribution in [0.2, 0.25) is 0 Å². The third kappa shape index (κ3) is 7.09. The smallest absolute Gasteiger partial charge is 0.243 e. The lowest BCUT2D eigenvalue weighted by molar-refractivity contribution is -0.132. The number of hydrogen-bond donors (Lipinski definition) is 8. The van der Waals surface area contributed by atoms with Crippen molar-refractivity contribution < 1.29 is 24.6 Å². The molecular weight excluding hydrogens is 512 g/mol. The van der Waals surface area contributed by atoms with E-state index < -0.39 is 24.0 Å². The zero-order valence-corrected chi connectivity index (χ0v) is 23.2. The molecule has 1 saturated carbocycles. The van der Waals surface area contributed by atoms with E-state index in [1.807, 2.05) is 20.2 Å². The number of aromatic hydroxyl groups is 2. The maximum absolute atomic E-state index is 13.6. The highest BCUT2D eigenvalue weighted by atomic mass is 16.3. The predicted molar refractivity (Wildman–Crippen MR) is 152 cm³/mol. The molecule has 216 valence electrons. The summed E-state index contributed by atoms with van der Waals surface area (Å²) in [5.41, 5.74) is 2.60. The minimum atomic E-state index is -0.976. The van der Waals surface area contributed by atoms with Crippen LogP contribution in [0.4, 0.5) is 0 Å². The van der Waals surface area contributed by atoms with Crippen LogP contribution in [0.1, 0.15) is 30.4 Å². The van der Waals surface area contributed by atoms with Crippen molar-refractivity contribution in [2.45, 2.75) is 62.3 Å². The molecule has 2 aromatic carbocycles. The Hall–Kier alpha value is -3.67. The van der Waals surface area contributed by atoms with E-state index in [0.717, 1.165) is 17.5 Å². The Bertz CT molecular complexity index is 1240. The molecule has 2 aliphatic rings. The number of likely N-dealkylation sites (N-methyl/N-ethyl adjacent to an activating group) is 2. The van der Waals surface area contributed by atoms with Crippen molar-refractivity contribution in [3.63, 3.8) is 0 Å². The molecule has 1 fully saturated rings.